The molecule has 0 atom stereocenters. The smallest absolute Gasteiger partial charge is 0.253 e. The molecule has 0 aliphatic heterocycles. The number of aryl methyl sites for hydroxylation is 3. The summed E-state index contributed by atoms with van der Waals surface area (Å²) >= 11 is 1.30. The first-order valence-electron chi connectivity index (χ1n) is 11.2. The standard InChI is InChI=1S/C24H29N7OS/c1-6-7-13-20-15(2)25-23-27-24(29-31(23)17(20)4)33-14-21(32)26-22-16(3)28-30(18(22)5)19-11-9-8-10-12-19/h8-12H,6-7,13-14H2,1-5H3,(H,26,32). The van der Waals surface area contributed by atoms with E-state index in [9.17, 15) is 4.79 Å². The highest BCUT2D eigenvalue weighted by molar-refractivity contribution is 7.99. The number of benzene rings is 1. The van der Waals surface area contributed by atoms with Crippen LogP contribution in [0.5, 0.6) is 0 Å². The number of carbonyl (C=O) groups excluding carboxylic acids is 1. The van der Waals surface area contributed by atoms with Crippen LogP contribution in [-0.2, 0) is 11.2 Å². The van der Waals surface area contributed by atoms with Gasteiger partial charge in [-0.25, -0.2) is 14.2 Å². The van der Waals surface area contributed by atoms with Gasteiger partial charge >= 0.3 is 0 Å². The quantitative estimate of drug-likeness (QED) is 0.384. The van der Waals surface area contributed by atoms with Crippen LogP contribution in [0.25, 0.3) is 11.5 Å². The van der Waals surface area contributed by atoms with Crippen LogP contribution in [0.2, 0.25) is 0 Å². The Labute approximate surface area is 197 Å². The number of carbonyl (C=O) groups is 1. The van der Waals surface area contributed by atoms with Crippen LogP contribution in [0.4, 0.5) is 5.69 Å². The summed E-state index contributed by atoms with van der Waals surface area (Å²) in [6.07, 6.45) is 3.23. The second kappa shape index (κ2) is 9.74. The zero-order chi connectivity index (χ0) is 23.5. The van der Waals surface area contributed by atoms with Gasteiger partial charge in [0.1, 0.15) is 0 Å². The molecule has 0 radical (unpaired) electrons. The largest absolute Gasteiger partial charge is 0.322 e. The molecule has 0 unspecified atom stereocenters. The number of hydrogen-bond donors (Lipinski definition) is 1. The summed E-state index contributed by atoms with van der Waals surface area (Å²) in [5.41, 5.74) is 6.64. The van der Waals surface area contributed by atoms with Gasteiger partial charge in [-0.3, -0.25) is 4.79 Å². The van der Waals surface area contributed by atoms with E-state index in [0.717, 1.165) is 53.4 Å². The average molecular weight is 464 g/mol. The van der Waals surface area contributed by atoms with Crippen LogP contribution in [0.3, 0.4) is 0 Å². The first-order chi connectivity index (χ1) is 15.9. The second-order valence-corrected chi connectivity index (χ2v) is 9.04. The lowest BCUT2D eigenvalue weighted by Gasteiger charge is -2.09. The van der Waals surface area contributed by atoms with Gasteiger partial charge in [-0.15, -0.1) is 5.10 Å². The van der Waals surface area contributed by atoms with Gasteiger partial charge < -0.3 is 5.32 Å². The molecule has 3 aromatic heterocycles. The maximum atomic E-state index is 12.7. The van der Waals surface area contributed by atoms with Crippen molar-refractivity contribution in [1.82, 2.24) is 29.4 Å². The molecule has 33 heavy (non-hydrogen) atoms. The molecule has 4 aromatic rings. The summed E-state index contributed by atoms with van der Waals surface area (Å²) in [7, 11) is 0. The molecule has 1 aromatic carbocycles. The van der Waals surface area contributed by atoms with Crippen LogP contribution < -0.4 is 5.32 Å². The number of thioether (sulfide) groups is 1. The van der Waals surface area contributed by atoms with Crippen LogP contribution >= 0.6 is 11.8 Å². The van der Waals surface area contributed by atoms with Gasteiger partial charge in [0.2, 0.25) is 11.1 Å². The Balaban J connectivity index is 1.46. The van der Waals surface area contributed by atoms with Gasteiger partial charge in [0.15, 0.2) is 0 Å². The van der Waals surface area contributed by atoms with Crippen molar-refractivity contribution in [2.75, 3.05) is 11.1 Å². The molecule has 8 nitrogen and oxygen atoms in total. The van der Waals surface area contributed by atoms with E-state index >= 15 is 0 Å². The predicted octanol–water partition coefficient (Wildman–Crippen LogP) is 4.62. The minimum Gasteiger partial charge on any atom is -0.322 e. The molecular formula is C24H29N7OS. The van der Waals surface area contributed by atoms with Gasteiger partial charge in [-0.05, 0) is 58.2 Å². The van der Waals surface area contributed by atoms with Crippen LogP contribution in [0.15, 0.2) is 35.5 Å². The van der Waals surface area contributed by atoms with Crippen molar-refractivity contribution < 1.29 is 4.79 Å². The third-order valence-electron chi connectivity index (χ3n) is 5.70. The maximum absolute atomic E-state index is 12.7. The van der Waals surface area contributed by atoms with Crippen molar-refractivity contribution in [3.05, 3.63) is 58.7 Å². The van der Waals surface area contributed by atoms with E-state index in [4.69, 9.17) is 0 Å². The third kappa shape index (κ3) is 4.78. The Hall–Kier alpha value is -3.20. The lowest BCUT2D eigenvalue weighted by Crippen LogP contribution is -2.15. The highest BCUT2D eigenvalue weighted by Crippen LogP contribution is 2.24. The summed E-state index contributed by atoms with van der Waals surface area (Å²) in [6, 6.07) is 9.87. The molecule has 172 valence electrons. The summed E-state index contributed by atoms with van der Waals surface area (Å²) in [4.78, 5) is 21.8. The predicted molar refractivity (Wildman–Crippen MR) is 131 cm³/mol. The average Bonchev–Trinajstić information content (AvgIpc) is 3.34. The number of aromatic nitrogens is 6. The normalized spacial score (nSPS) is 11.3. The Morgan fingerprint density at radius 1 is 1.00 bits per heavy atom. The van der Waals surface area contributed by atoms with Gasteiger partial charge in [0.25, 0.3) is 5.78 Å². The summed E-state index contributed by atoms with van der Waals surface area (Å²) in [5.74, 6) is 0.652. The zero-order valence-electron chi connectivity index (χ0n) is 19.7. The van der Waals surface area contributed by atoms with E-state index in [0.29, 0.717) is 10.9 Å². The number of para-hydroxylation sites is 1. The van der Waals surface area contributed by atoms with Crippen molar-refractivity contribution >= 4 is 29.1 Å². The van der Waals surface area contributed by atoms with Crippen molar-refractivity contribution in [3.63, 3.8) is 0 Å². The molecule has 0 saturated heterocycles. The fourth-order valence-electron chi connectivity index (χ4n) is 3.92. The van der Waals surface area contributed by atoms with Crippen molar-refractivity contribution in [2.45, 2.75) is 59.0 Å². The molecule has 9 heteroatoms. The van der Waals surface area contributed by atoms with E-state index in [1.807, 2.05) is 55.8 Å². The Kier molecular flexibility index (Phi) is 6.78. The monoisotopic (exact) mass is 463 g/mol. The van der Waals surface area contributed by atoms with Crippen LogP contribution in [0.1, 0.15) is 48.1 Å². The lowest BCUT2D eigenvalue weighted by molar-refractivity contribution is -0.113. The number of anilines is 1. The van der Waals surface area contributed by atoms with Crippen LogP contribution in [0, 0.1) is 27.7 Å². The summed E-state index contributed by atoms with van der Waals surface area (Å²) in [5, 5.41) is 12.7. The molecule has 0 aliphatic rings. The van der Waals surface area contributed by atoms with E-state index in [-0.39, 0.29) is 11.7 Å². The topological polar surface area (TPSA) is 90.0 Å². The highest BCUT2D eigenvalue weighted by atomic mass is 32.2. The molecule has 0 saturated carbocycles. The van der Waals surface area contributed by atoms with Crippen molar-refractivity contribution in [3.8, 4) is 5.69 Å². The lowest BCUT2D eigenvalue weighted by atomic mass is 10.1. The number of nitrogens with zero attached hydrogens (tertiary/aromatic N) is 6. The fraction of sp³-hybridized carbons (Fsp3) is 0.375. The molecule has 0 bridgehead atoms. The Bertz CT molecular complexity index is 1290. The molecule has 4 rings (SSSR count). The van der Waals surface area contributed by atoms with E-state index in [2.05, 4.69) is 39.3 Å². The van der Waals surface area contributed by atoms with Gasteiger partial charge in [-0.1, -0.05) is 43.3 Å². The van der Waals surface area contributed by atoms with E-state index in [1.54, 1.807) is 4.52 Å². The summed E-state index contributed by atoms with van der Waals surface area (Å²) in [6.45, 7) is 10.1. The number of fused-ring (bicyclic) bond motifs is 1. The van der Waals surface area contributed by atoms with E-state index < -0.39 is 0 Å². The zero-order valence-corrected chi connectivity index (χ0v) is 20.5. The van der Waals surface area contributed by atoms with Crippen LogP contribution in [-0.4, -0.2) is 41.0 Å². The van der Waals surface area contributed by atoms with E-state index in [1.165, 1.54) is 17.3 Å². The number of amides is 1. The van der Waals surface area contributed by atoms with Crippen molar-refractivity contribution in [1.29, 1.82) is 0 Å². The second-order valence-electron chi connectivity index (χ2n) is 8.10. The first kappa shape index (κ1) is 23.0. The number of hydrogen-bond acceptors (Lipinski definition) is 6. The molecule has 0 fully saturated rings. The minimum atomic E-state index is -0.123. The molecular weight excluding hydrogens is 434 g/mol. The highest BCUT2D eigenvalue weighted by Gasteiger charge is 2.17. The van der Waals surface area contributed by atoms with Gasteiger partial charge in [-0.2, -0.15) is 10.1 Å². The molecule has 1 N–H and O–H groups in total. The fourth-order valence-corrected chi connectivity index (χ4v) is 4.53. The maximum Gasteiger partial charge on any atom is 0.253 e. The molecule has 0 aliphatic carbocycles. The molecule has 0 spiro atoms. The Morgan fingerprint density at radius 3 is 2.48 bits per heavy atom. The van der Waals surface area contributed by atoms with Gasteiger partial charge in [0.05, 0.1) is 28.5 Å². The van der Waals surface area contributed by atoms with Gasteiger partial charge in [0, 0.05) is 11.4 Å². The summed E-state index contributed by atoms with van der Waals surface area (Å²) < 4.78 is 3.63. The molecule has 3 heterocycles. The Morgan fingerprint density at radius 2 is 1.76 bits per heavy atom. The molecule has 1 amide bonds. The number of unbranched alkanes of at least 4 members (excludes halogenated alkanes) is 1. The minimum absolute atomic E-state index is 0.123. The third-order valence-corrected chi connectivity index (χ3v) is 6.54. The SMILES string of the molecule is CCCCc1c(C)nc2nc(SCC(=O)Nc3c(C)nn(-c4ccccc4)c3C)nn2c1C. The van der Waals surface area contributed by atoms with Crippen molar-refractivity contribution in [2.24, 2.45) is 0 Å². The first-order valence-corrected chi connectivity index (χ1v) is 12.1. The number of nitrogens with one attached hydrogen (secondary N) is 1. The number of rotatable bonds is 8.